The number of benzene rings is 2. The van der Waals surface area contributed by atoms with Crippen LogP contribution in [-0.4, -0.2) is 25.6 Å². The number of pyridine rings is 1. The molecule has 2 aromatic heterocycles. The number of ether oxygens (including phenoxy) is 1. The first kappa shape index (κ1) is 19.6. The Morgan fingerprint density at radius 1 is 1.07 bits per heavy atom. The average Bonchev–Trinajstić information content (AvgIpc) is 3.07. The number of hydrogen-bond acceptors (Lipinski definition) is 4. The van der Waals surface area contributed by atoms with E-state index in [0.717, 1.165) is 40.2 Å². The summed E-state index contributed by atoms with van der Waals surface area (Å²) in [5.74, 6) is 0.895. The van der Waals surface area contributed by atoms with Crippen molar-refractivity contribution in [3.8, 4) is 11.5 Å². The van der Waals surface area contributed by atoms with Gasteiger partial charge in [-0.25, -0.2) is 14.8 Å². The Labute approximate surface area is 174 Å². The van der Waals surface area contributed by atoms with Crippen LogP contribution in [-0.2, 0) is 13.0 Å². The van der Waals surface area contributed by atoms with Crippen LogP contribution in [0.4, 0.5) is 0 Å². The number of carboxylic acids is 1. The summed E-state index contributed by atoms with van der Waals surface area (Å²) in [6.45, 7) is 6.81. The predicted molar refractivity (Wildman–Crippen MR) is 115 cm³/mol. The minimum Gasteiger partial charge on any atom is -0.478 e. The summed E-state index contributed by atoms with van der Waals surface area (Å²) >= 11 is 0. The molecule has 0 spiro atoms. The van der Waals surface area contributed by atoms with Gasteiger partial charge in [-0.1, -0.05) is 31.2 Å². The van der Waals surface area contributed by atoms with Crippen molar-refractivity contribution in [2.45, 2.75) is 33.7 Å². The number of nitrogens with zero attached hydrogens (tertiary/aromatic N) is 3. The number of aromatic nitrogens is 3. The number of hydrogen-bond donors (Lipinski definition) is 1. The number of aryl methyl sites for hydroxylation is 3. The quantitative estimate of drug-likeness (QED) is 0.483. The molecule has 0 fully saturated rings. The summed E-state index contributed by atoms with van der Waals surface area (Å²) in [5, 5.41) is 9.31. The van der Waals surface area contributed by atoms with Crippen LogP contribution in [0.25, 0.3) is 11.2 Å². The molecule has 0 unspecified atom stereocenters. The van der Waals surface area contributed by atoms with E-state index in [0.29, 0.717) is 18.0 Å². The fourth-order valence-corrected chi connectivity index (χ4v) is 3.59. The molecule has 2 aromatic carbocycles. The number of imidazole rings is 1. The maximum absolute atomic E-state index is 11.4. The lowest BCUT2D eigenvalue weighted by atomic mass is 10.2. The lowest BCUT2D eigenvalue weighted by Gasteiger charge is -2.11. The molecule has 0 aliphatic rings. The summed E-state index contributed by atoms with van der Waals surface area (Å²) in [6.07, 6.45) is 0.821. The van der Waals surface area contributed by atoms with Gasteiger partial charge in [-0.05, 0) is 55.3 Å². The van der Waals surface area contributed by atoms with Crippen molar-refractivity contribution < 1.29 is 14.6 Å². The van der Waals surface area contributed by atoms with Gasteiger partial charge in [-0.2, -0.15) is 0 Å². The molecule has 0 bridgehead atoms. The van der Waals surface area contributed by atoms with Crippen molar-refractivity contribution in [3.05, 3.63) is 82.8 Å². The second-order valence-electron chi connectivity index (χ2n) is 7.27. The van der Waals surface area contributed by atoms with Crippen molar-refractivity contribution in [1.29, 1.82) is 0 Å². The first-order valence-electron chi connectivity index (χ1n) is 9.88. The largest absolute Gasteiger partial charge is 0.478 e. The van der Waals surface area contributed by atoms with Gasteiger partial charge in [0.15, 0.2) is 5.65 Å². The van der Waals surface area contributed by atoms with E-state index in [2.05, 4.69) is 24.5 Å². The lowest BCUT2D eigenvalue weighted by molar-refractivity contribution is 0.0694. The fourth-order valence-electron chi connectivity index (χ4n) is 3.59. The molecule has 4 rings (SSSR count). The van der Waals surface area contributed by atoms with E-state index in [1.807, 2.05) is 31.2 Å². The van der Waals surface area contributed by atoms with E-state index in [9.17, 15) is 9.90 Å². The molecule has 0 amide bonds. The van der Waals surface area contributed by atoms with Crippen LogP contribution in [0.1, 0.15) is 39.9 Å². The molecule has 6 nitrogen and oxygen atoms in total. The molecule has 0 atom stereocenters. The molecule has 0 radical (unpaired) electrons. The average molecular weight is 401 g/mol. The molecular formula is C24H23N3O3. The van der Waals surface area contributed by atoms with Crippen LogP contribution in [0, 0.1) is 13.8 Å². The van der Waals surface area contributed by atoms with Crippen LogP contribution >= 0.6 is 0 Å². The highest BCUT2D eigenvalue weighted by Crippen LogP contribution is 2.26. The second-order valence-corrected chi connectivity index (χ2v) is 7.27. The molecule has 0 saturated carbocycles. The minimum absolute atomic E-state index is 0.135. The zero-order chi connectivity index (χ0) is 21.3. The Hall–Kier alpha value is -3.67. The van der Waals surface area contributed by atoms with E-state index in [4.69, 9.17) is 14.7 Å². The van der Waals surface area contributed by atoms with Crippen molar-refractivity contribution in [2.75, 3.05) is 0 Å². The lowest BCUT2D eigenvalue weighted by Crippen LogP contribution is -2.05. The van der Waals surface area contributed by atoms with Gasteiger partial charge in [0, 0.05) is 12.1 Å². The highest BCUT2D eigenvalue weighted by molar-refractivity contribution is 5.90. The molecule has 2 heterocycles. The molecule has 0 saturated heterocycles. The predicted octanol–water partition coefficient (Wildman–Crippen LogP) is 5.15. The topological polar surface area (TPSA) is 77.2 Å². The van der Waals surface area contributed by atoms with Gasteiger partial charge in [0.05, 0.1) is 6.54 Å². The van der Waals surface area contributed by atoms with Crippen molar-refractivity contribution in [1.82, 2.24) is 14.5 Å². The molecule has 152 valence electrons. The van der Waals surface area contributed by atoms with E-state index in [-0.39, 0.29) is 5.56 Å². The smallest absolute Gasteiger partial charge is 0.339 e. The maximum atomic E-state index is 11.4. The molecule has 0 aliphatic heterocycles. The van der Waals surface area contributed by atoms with E-state index in [1.165, 1.54) is 6.07 Å². The van der Waals surface area contributed by atoms with Crippen LogP contribution in [0.3, 0.4) is 0 Å². The number of carboxylic acid groups (broad SMARTS) is 1. The summed E-state index contributed by atoms with van der Waals surface area (Å²) in [7, 11) is 0. The fraction of sp³-hybridized carbons (Fsp3) is 0.208. The Bertz CT molecular complexity index is 1230. The van der Waals surface area contributed by atoms with E-state index >= 15 is 0 Å². The third-order valence-corrected chi connectivity index (χ3v) is 5.03. The van der Waals surface area contributed by atoms with Crippen molar-refractivity contribution >= 4 is 17.1 Å². The van der Waals surface area contributed by atoms with Crippen molar-refractivity contribution in [3.63, 3.8) is 0 Å². The normalized spacial score (nSPS) is 11.0. The van der Waals surface area contributed by atoms with Crippen LogP contribution in [0.5, 0.6) is 11.5 Å². The molecule has 4 aromatic rings. The number of aromatic carboxylic acids is 1. The van der Waals surface area contributed by atoms with Crippen LogP contribution in [0.2, 0.25) is 0 Å². The van der Waals surface area contributed by atoms with Crippen LogP contribution < -0.4 is 4.74 Å². The number of para-hydroxylation sites is 1. The standard InChI is InChI=1S/C24H23N3O3/c1-4-21-26-22-15(2)13-16(3)25-23(22)27(21)14-17-9-11-18(12-10-17)30-20-8-6-5-7-19(20)24(28)29/h5-13H,4,14H2,1-3H3,(H,28,29). The zero-order valence-electron chi connectivity index (χ0n) is 17.2. The first-order chi connectivity index (χ1) is 14.5. The van der Waals surface area contributed by atoms with Gasteiger partial charge in [0.25, 0.3) is 0 Å². The summed E-state index contributed by atoms with van der Waals surface area (Å²) < 4.78 is 7.95. The third kappa shape index (κ3) is 3.76. The Morgan fingerprint density at radius 3 is 2.50 bits per heavy atom. The van der Waals surface area contributed by atoms with Gasteiger partial charge < -0.3 is 14.4 Å². The summed E-state index contributed by atoms with van der Waals surface area (Å²) in [5.41, 5.74) is 5.18. The van der Waals surface area contributed by atoms with Crippen molar-refractivity contribution in [2.24, 2.45) is 0 Å². The molecule has 30 heavy (non-hydrogen) atoms. The maximum Gasteiger partial charge on any atom is 0.339 e. The Kier molecular flexibility index (Phi) is 5.23. The number of rotatable bonds is 6. The Morgan fingerprint density at radius 2 is 1.80 bits per heavy atom. The summed E-state index contributed by atoms with van der Waals surface area (Å²) in [6, 6.07) is 16.3. The summed E-state index contributed by atoms with van der Waals surface area (Å²) in [4.78, 5) is 20.9. The van der Waals surface area contributed by atoms with Gasteiger partial charge in [-0.3, -0.25) is 0 Å². The third-order valence-electron chi connectivity index (χ3n) is 5.03. The van der Waals surface area contributed by atoms with Gasteiger partial charge in [0.1, 0.15) is 28.4 Å². The number of carbonyl (C=O) groups is 1. The SMILES string of the molecule is CCc1nc2c(C)cc(C)nc2n1Cc1ccc(Oc2ccccc2C(=O)O)cc1. The molecule has 6 heteroatoms. The zero-order valence-corrected chi connectivity index (χ0v) is 17.2. The Balaban J connectivity index is 1.61. The highest BCUT2D eigenvalue weighted by Gasteiger charge is 2.14. The highest BCUT2D eigenvalue weighted by atomic mass is 16.5. The minimum atomic E-state index is -1.01. The molecular weight excluding hydrogens is 378 g/mol. The van der Waals surface area contributed by atoms with Gasteiger partial charge in [-0.15, -0.1) is 0 Å². The van der Waals surface area contributed by atoms with Crippen LogP contribution in [0.15, 0.2) is 54.6 Å². The van der Waals surface area contributed by atoms with E-state index < -0.39 is 5.97 Å². The van der Waals surface area contributed by atoms with E-state index in [1.54, 1.807) is 18.2 Å². The number of fused-ring (bicyclic) bond motifs is 1. The first-order valence-corrected chi connectivity index (χ1v) is 9.88. The second kappa shape index (κ2) is 7.99. The van der Waals surface area contributed by atoms with Gasteiger partial charge in [0.2, 0.25) is 0 Å². The monoisotopic (exact) mass is 401 g/mol. The van der Waals surface area contributed by atoms with Gasteiger partial charge >= 0.3 is 5.97 Å². The molecule has 0 aliphatic carbocycles. The molecule has 1 N–H and O–H groups in total.